The second-order valence-corrected chi connectivity index (χ2v) is 5.99. The van der Waals surface area contributed by atoms with E-state index in [1.807, 2.05) is 11.8 Å². The fraction of sp³-hybridized carbons (Fsp3) is 0.529. The summed E-state index contributed by atoms with van der Waals surface area (Å²) in [4.78, 5) is 19.6. The average Bonchev–Trinajstić information content (AvgIpc) is 3.24. The smallest absolute Gasteiger partial charge is 0.225 e. The summed E-state index contributed by atoms with van der Waals surface area (Å²) in [6.07, 6.45) is 2.86. The molecule has 0 saturated heterocycles. The Kier molecular flexibility index (Phi) is 3.95. The van der Waals surface area contributed by atoms with E-state index in [9.17, 15) is 4.79 Å². The molecule has 1 heterocycles. The number of aryl methyl sites for hydroxylation is 1. The Morgan fingerprint density at radius 2 is 2.05 bits per heavy atom. The molecule has 0 radical (unpaired) electrons. The highest BCUT2D eigenvalue weighted by Crippen LogP contribution is 2.31. The molecule has 1 aliphatic heterocycles. The second-order valence-electron chi connectivity index (χ2n) is 5.99. The fourth-order valence-corrected chi connectivity index (χ4v) is 2.65. The van der Waals surface area contributed by atoms with Crippen molar-refractivity contribution in [2.45, 2.75) is 39.2 Å². The van der Waals surface area contributed by atoms with Crippen LogP contribution in [0.3, 0.4) is 0 Å². The molecule has 3 rings (SSSR count). The minimum absolute atomic E-state index is 0.0102. The van der Waals surface area contributed by atoms with Crippen molar-refractivity contribution in [3.63, 3.8) is 0 Å². The number of nitrogens with zero attached hydrogens (tertiary/aromatic N) is 2. The van der Waals surface area contributed by atoms with Gasteiger partial charge in [0.25, 0.3) is 0 Å². The third kappa shape index (κ3) is 3.26. The number of oxime groups is 1. The van der Waals surface area contributed by atoms with Gasteiger partial charge < -0.3 is 9.74 Å². The van der Waals surface area contributed by atoms with Crippen molar-refractivity contribution in [1.82, 2.24) is 4.90 Å². The lowest BCUT2D eigenvalue weighted by molar-refractivity contribution is -0.134. The van der Waals surface area contributed by atoms with Crippen molar-refractivity contribution in [3.05, 3.63) is 35.4 Å². The van der Waals surface area contributed by atoms with Crippen molar-refractivity contribution in [3.8, 4) is 0 Å². The van der Waals surface area contributed by atoms with Crippen molar-refractivity contribution < 1.29 is 9.63 Å². The van der Waals surface area contributed by atoms with E-state index in [2.05, 4.69) is 36.3 Å². The molecule has 1 aliphatic carbocycles. The van der Waals surface area contributed by atoms with Crippen LogP contribution in [-0.2, 0) is 9.63 Å². The zero-order chi connectivity index (χ0) is 14.8. The van der Waals surface area contributed by atoms with Crippen LogP contribution in [0.4, 0.5) is 0 Å². The van der Waals surface area contributed by atoms with Crippen molar-refractivity contribution >= 4 is 11.6 Å². The van der Waals surface area contributed by atoms with Crippen LogP contribution in [0.1, 0.15) is 37.3 Å². The first-order chi connectivity index (χ1) is 10.2. The number of carbonyl (C=O) groups is 1. The predicted octanol–water partition coefficient (Wildman–Crippen LogP) is 2.75. The van der Waals surface area contributed by atoms with Crippen LogP contribution in [0.2, 0.25) is 0 Å². The Bertz CT molecular complexity index is 546. The Morgan fingerprint density at radius 1 is 1.33 bits per heavy atom. The van der Waals surface area contributed by atoms with Gasteiger partial charge in [-0.3, -0.25) is 4.79 Å². The lowest BCUT2D eigenvalue weighted by Gasteiger charge is -2.23. The Hall–Kier alpha value is -1.84. The maximum absolute atomic E-state index is 12.1. The average molecular weight is 286 g/mol. The molecule has 1 saturated carbocycles. The monoisotopic (exact) mass is 286 g/mol. The van der Waals surface area contributed by atoms with E-state index < -0.39 is 0 Å². The maximum atomic E-state index is 12.1. The van der Waals surface area contributed by atoms with Gasteiger partial charge in [-0.25, -0.2) is 0 Å². The van der Waals surface area contributed by atoms with E-state index >= 15 is 0 Å². The zero-order valence-electron chi connectivity index (χ0n) is 12.7. The minimum atomic E-state index is -0.0102. The molecule has 4 nitrogen and oxygen atoms in total. The molecule has 1 fully saturated rings. The molecule has 1 aromatic carbocycles. The molecule has 0 unspecified atom stereocenters. The topological polar surface area (TPSA) is 41.9 Å². The number of amides is 1. The predicted molar refractivity (Wildman–Crippen MR) is 82.2 cm³/mol. The third-order valence-corrected chi connectivity index (χ3v) is 4.16. The van der Waals surface area contributed by atoms with Gasteiger partial charge in [-0.15, -0.1) is 0 Å². The molecule has 0 aromatic heterocycles. The summed E-state index contributed by atoms with van der Waals surface area (Å²) in [6, 6.07) is 8.32. The van der Waals surface area contributed by atoms with Gasteiger partial charge in [0, 0.05) is 18.9 Å². The normalized spacial score (nSPS) is 20.9. The van der Waals surface area contributed by atoms with E-state index in [4.69, 9.17) is 4.84 Å². The van der Waals surface area contributed by atoms with Gasteiger partial charge in [-0.1, -0.05) is 35.0 Å². The molecular formula is C17H22N2O2. The first kappa shape index (κ1) is 14.1. The van der Waals surface area contributed by atoms with Gasteiger partial charge in [0.1, 0.15) is 0 Å². The summed E-state index contributed by atoms with van der Waals surface area (Å²) in [5, 5.41) is 4.20. The van der Waals surface area contributed by atoms with Crippen LogP contribution >= 0.6 is 0 Å². The summed E-state index contributed by atoms with van der Waals surface area (Å²) >= 11 is 0. The quantitative estimate of drug-likeness (QED) is 0.835. The highest BCUT2D eigenvalue weighted by atomic mass is 16.6. The molecule has 21 heavy (non-hydrogen) atoms. The number of likely N-dealkylation sites (N-methyl/N-ethyl adjacent to an activating group) is 1. The summed E-state index contributed by atoms with van der Waals surface area (Å²) in [5.41, 5.74) is 3.33. The summed E-state index contributed by atoms with van der Waals surface area (Å²) in [6.45, 7) is 5.49. The van der Waals surface area contributed by atoms with Gasteiger partial charge in [0.15, 0.2) is 6.10 Å². The number of benzene rings is 1. The van der Waals surface area contributed by atoms with Crippen molar-refractivity contribution in [2.24, 2.45) is 11.1 Å². The largest absolute Gasteiger partial charge is 0.390 e. The molecule has 0 bridgehead atoms. The standard InChI is InChI=1S/C17H22N2O2/c1-3-19(17(20)14-8-9-14)11-15-10-16(18-21-15)13-6-4-12(2)5-7-13/h4-7,14-15H,3,8-11H2,1-2H3/t15-/m1/s1. The molecular weight excluding hydrogens is 264 g/mol. The van der Waals surface area contributed by atoms with Crippen LogP contribution < -0.4 is 0 Å². The fourth-order valence-electron chi connectivity index (χ4n) is 2.65. The first-order valence-corrected chi connectivity index (χ1v) is 7.76. The highest BCUT2D eigenvalue weighted by Gasteiger charge is 2.34. The molecule has 1 amide bonds. The SMILES string of the molecule is CCN(C[C@H]1CC(c2ccc(C)cc2)=NO1)C(=O)C1CC1. The van der Waals surface area contributed by atoms with E-state index in [0.717, 1.165) is 37.1 Å². The number of hydrogen-bond acceptors (Lipinski definition) is 3. The Morgan fingerprint density at radius 3 is 2.67 bits per heavy atom. The first-order valence-electron chi connectivity index (χ1n) is 7.76. The lowest BCUT2D eigenvalue weighted by atomic mass is 10.0. The van der Waals surface area contributed by atoms with Crippen LogP contribution in [-0.4, -0.2) is 35.7 Å². The lowest BCUT2D eigenvalue weighted by Crippen LogP contribution is -2.38. The number of rotatable bonds is 5. The maximum Gasteiger partial charge on any atom is 0.225 e. The van der Waals surface area contributed by atoms with Crippen molar-refractivity contribution in [2.75, 3.05) is 13.1 Å². The van der Waals surface area contributed by atoms with E-state index in [-0.39, 0.29) is 17.9 Å². The number of hydrogen-bond donors (Lipinski definition) is 0. The Balaban J connectivity index is 1.57. The van der Waals surface area contributed by atoms with E-state index in [0.29, 0.717) is 6.54 Å². The second kappa shape index (κ2) is 5.88. The molecule has 4 heteroatoms. The van der Waals surface area contributed by atoms with Gasteiger partial charge in [-0.05, 0) is 32.3 Å². The van der Waals surface area contributed by atoms with E-state index in [1.54, 1.807) is 0 Å². The van der Waals surface area contributed by atoms with Crippen LogP contribution in [0.5, 0.6) is 0 Å². The minimum Gasteiger partial charge on any atom is -0.390 e. The summed E-state index contributed by atoms with van der Waals surface area (Å²) in [7, 11) is 0. The van der Waals surface area contributed by atoms with Gasteiger partial charge in [-0.2, -0.15) is 0 Å². The molecule has 0 N–H and O–H groups in total. The van der Waals surface area contributed by atoms with Gasteiger partial charge in [0.2, 0.25) is 5.91 Å². The molecule has 2 aliphatic rings. The summed E-state index contributed by atoms with van der Waals surface area (Å²) < 4.78 is 0. The van der Waals surface area contributed by atoms with Crippen LogP contribution in [0, 0.1) is 12.8 Å². The molecule has 1 atom stereocenters. The van der Waals surface area contributed by atoms with E-state index in [1.165, 1.54) is 5.56 Å². The molecule has 1 aromatic rings. The van der Waals surface area contributed by atoms with Gasteiger partial charge in [0.05, 0.1) is 12.3 Å². The zero-order valence-corrected chi connectivity index (χ0v) is 12.7. The Labute approximate surface area is 125 Å². The van der Waals surface area contributed by atoms with Crippen molar-refractivity contribution in [1.29, 1.82) is 0 Å². The third-order valence-electron chi connectivity index (χ3n) is 4.16. The highest BCUT2D eigenvalue weighted by molar-refractivity contribution is 6.01. The molecule has 112 valence electrons. The number of carbonyl (C=O) groups excluding carboxylic acids is 1. The van der Waals surface area contributed by atoms with Crippen LogP contribution in [0.25, 0.3) is 0 Å². The summed E-state index contributed by atoms with van der Waals surface area (Å²) in [5.74, 6) is 0.550. The van der Waals surface area contributed by atoms with Crippen LogP contribution in [0.15, 0.2) is 29.4 Å². The molecule has 0 spiro atoms. The van der Waals surface area contributed by atoms with Gasteiger partial charge >= 0.3 is 0 Å².